The SMILES string of the molecule is CCC(CSC)N(C)S(=O)(=O)c1cc(CO)n(C(C)C)c1. The van der Waals surface area contributed by atoms with E-state index in [0.717, 1.165) is 12.2 Å². The van der Waals surface area contributed by atoms with E-state index in [0.29, 0.717) is 5.69 Å². The van der Waals surface area contributed by atoms with Gasteiger partial charge in [0.1, 0.15) is 4.90 Å². The standard InChI is InChI=1S/C14H26N2O3S2/c1-6-12(10-20-5)15(4)21(18,19)14-7-13(9-17)16(8-14)11(2)3/h7-8,11-12,17H,6,9-10H2,1-5H3. The van der Waals surface area contributed by atoms with Crippen LogP contribution in [0.4, 0.5) is 0 Å². The van der Waals surface area contributed by atoms with Crippen molar-refractivity contribution in [3.63, 3.8) is 0 Å². The molecule has 0 aromatic carbocycles. The van der Waals surface area contributed by atoms with Crippen LogP contribution in [0.25, 0.3) is 0 Å². The van der Waals surface area contributed by atoms with Crippen molar-refractivity contribution in [2.45, 2.75) is 50.8 Å². The predicted octanol–water partition coefficient (Wildman–Crippen LogP) is 2.32. The minimum atomic E-state index is -3.53. The molecule has 5 nitrogen and oxygen atoms in total. The highest BCUT2D eigenvalue weighted by Gasteiger charge is 2.28. The normalized spacial score (nSPS) is 14.1. The average molecular weight is 335 g/mol. The summed E-state index contributed by atoms with van der Waals surface area (Å²) in [7, 11) is -1.90. The first-order valence-electron chi connectivity index (χ1n) is 7.08. The first-order valence-corrected chi connectivity index (χ1v) is 9.91. The van der Waals surface area contributed by atoms with Crippen LogP contribution in [-0.2, 0) is 16.6 Å². The molecule has 21 heavy (non-hydrogen) atoms. The number of aliphatic hydroxyl groups is 1. The van der Waals surface area contributed by atoms with Crippen molar-refractivity contribution < 1.29 is 13.5 Å². The summed E-state index contributed by atoms with van der Waals surface area (Å²) >= 11 is 1.64. The number of hydrogen-bond acceptors (Lipinski definition) is 4. The van der Waals surface area contributed by atoms with E-state index in [1.54, 1.807) is 35.6 Å². The Morgan fingerprint density at radius 2 is 2.05 bits per heavy atom. The lowest BCUT2D eigenvalue weighted by Crippen LogP contribution is -2.38. The average Bonchev–Trinajstić information content (AvgIpc) is 2.89. The molecule has 0 amide bonds. The Morgan fingerprint density at radius 3 is 2.43 bits per heavy atom. The van der Waals surface area contributed by atoms with E-state index in [1.807, 2.05) is 27.0 Å². The molecule has 0 aliphatic rings. The van der Waals surface area contributed by atoms with Crippen LogP contribution in [0.15, 0.2) is 17.2 Å². The van der Waals surface area contributed by atoms with Crippen LogP contribution in [0.1, 0.15) is 38.9 Å². The number of aliphatic hydroxyl groups excluding tert-OH is 1. The zero-order chi connectivity index (χ0) is 16.2. The number of sulfonamides is 1. The molecular formula is C14H26N2O3S2. The fraction of sp³-hybridized carbons (Fsp3) is 0.714. The van der Waals surface area contributed by atoms with Crippen molar-refractivity contribution in [1.29, 1.82) is 0 Å². The zero-order valence-electron chi connectivity index (χ0n) is 13.4. The third-order valence-electron chi connectivity index (χ3n) is 3.65. The van der Waals surface area contributed by atoms with Gasteiger partial charge in [-0.2, -0.15) is 16.1 Å². The molecule has 1 heterocycles. The first kappa shape index (κ1) is 18.5. The number of rotatable bonds is 8. The summed E-state index contributed by atoms with van der Waals surface area (Å²) < 4.78 is 28.7. The summed E-state index contributed by atoms with van der Waals surface area (Å²) in [6.45, 7) is 5.74. The lowest BCUT2D eigenvalue weighted by atomic mass is 10.3. The van der Waals surface area contributed by atoms with Crippen molar-refractivity contribution in [1.82, 2.24) is 8.87 Å². The van der Waals surface area contributed by atoms with E-state index >= 15 is 0 Å². The summed E-state index contributed by atoms with van der Waals surface area (Å²) in [5.41, 5.74) is 0.620. The van der Waals surface area contributed by atoms with Gasteiger partial charge in [0.2, 0.25) is 10.0 Å². The fourth-order valence-corrected chi connectivity index (χ4v) is 4.70. The molecule has 122 valence electrons. The van der Waals surface area contributed by atoms with Gasteiger partial charge in [-0.3, -0.25) is 0 Å². The molecule has 0 saturated heterocycles. The van der Waals surface area contributed by atoms with E-state index in [4.69, 9.17) is 0 Å². The molecule has 1 aromatic heterocycles. The fourth-order valence-electron chi connectivity index (χ4n) is 2.28. The van der Waals surface area contributed by atoms with Crippen LogP contribution in [0.3, 0.4) is 0 Å². The van der Waals surface area contributed by atoms with E-state index in [2.05, 4.69) is 0 Å². The second-order valence-electron chi connectivity index (χ2n) is 5.36. The zero-order valence-corrected chi connectivity index (χ0v) is 15.0. The van der Waals surface area contributed by atoms with Crippen molar-refractivity contribution in [2.75, 3.05) is 19.1 Å². The molecule has 0 radical (unpaired) electrons. The van der Waals surface area contributed by atoms with E-state index in [-0.39, 0.29) is 23.6 Å². The van der Waals surface area contributed by atoms with Gasteiger partial charge in [0.25, 0.3) is 0 Å². The van der Waals surface area contributed by atoms with Crippen molar-refractivity contribution in [2.24, 2.45) is 0 Å². The van der Waals surface area contributed by atoms with Gasteiger partial charge < -0.3 is 9.67 Å². The van der Waals surface area contributed by atoms with E-state index in [1.165, 1.54) is 4.31 Å². The summed E-state index contributed by atoms with van der Waals surface area (Å²) in [6, 6.07) is 1.65. The Balaban J connectivity index is 3.18. The maximum absolute atomic E-state index is 12.7. The van der Waals surface area contributed by atoms with Crippen LogP contribution in [-0.4, -0.2) is 47.5 Å². The second-order valence-corrected chi connectivity index (χ2v) is 8.27. The molecule has 0 fully saturated rings. The van der Waals surface area contributed by atoms with Gasteiger partial charge >= 0.3 is 0 Å². The molecular weight excluding hydrogens is 308 g/mol. The molecule has 1 N–H and O–H groups in total. The molecule has 0 aliphatic carbocycles. The Bertz CT molecular complexity index is 553. The number of nitrogens with zero attached hydrogens (tertiary/aromatic N) is 2. The Morgan fingerprint density at radius 1 is 1.43 bits per heavy atom. The highest BCUT2D eigenvalue weighted by molar-refractivity contribution is 7.98. The predicted molar refractivity (Wildman–Crippen MR) is 88.1 cm³/mol. The molecule has 1 unspecified atom stereocenters. The maximum atomic E-state index is 12.7. The molecule has 0 saturated carbocycles. The highest BCUT2D eigenvalue weighted by atomic mass is 32.2. The second kappa shape index (κ2) is 7.67. The third kappa shape index (κ3) is 4.03. The Labute approximate surface area is 132 Å². The van der Waals surface area contributed by atoms with Gasteiger partial charge in [-0.15, -0.1) is 0 Å². The molecule has 0 bridgehead atoms. The number of aromatic nitrogens is 1. The summed E-state index contributed by atoms with van der Waals surface area (Å²) in [6.07, 6.45) is 4.37. The molecule has 0 aliphatic heterocycles. The summed E-state index contributed by atoms with van der Waals surface area (Å²) in [4.78, 5) is 0.252. The lowest BCUT2D eigenvalue weighted by Gasteiger charge is -2.25. The Kier molecular flexibility index (Phi) is 6.77. The highest BCUT2D eigenvalue weighted by Crippen LogP contribution is 2.24. The summed E-state index contributed by atoms with van der Waals surface area (Å²) in [5.74, 6) is 0.768. The van der Waals surface area contributed by atoms with E-state index < -0.39 is 10.0 Å². The summed E-state index contributed by atoms with van der Waals surface area (Å²) in [5, 5.41) is 9.39. The monoisotopic (exact) mass is 334 g/mol. The number of thioether (sulfide) groups is 1. The van der Waals surface area contributed by atoms with Crippen LogP contribution >= 0.6 is 11.8 Å². The molecule has 7 heteroatoms. The Hall–Kier alpha value is -0.500. The van der Waals surface area contributed by atoms with Gasteiger partial charge in [-0.25, -0.2) is 8.42 Å². The minimum absolute atomic E-state index is 0.0232. The third-order valence-corrected chi connectivity index (χ3v) is 6.24. The molecule has 0 spiro atoms. The topological polar surface area (TPSA) is 62.5 Å². The van der Waals surface area contributed by atoms with Crippen LogP contribution in [0.2, 0.25) is 0 Å². The van der Waals surface area contributed by atoms with Crippen LogP contribution in [0, 0.1) is 0 Å². The first-order chi connectivity index (χ1) is 9.79. The van der Waals surface area contributed by atoms with Crippen LogP contribution < -0.4 is 0 Å². The van der Waals surface area contributed by atoms with Crippen molar-refractivity contribution in [3.8, 4) is 0 Å². The molecule has 1 atom stereocenters. The smallest absolute Gasteiger partial charge is 0.244 e. The lowest BCUT2D eigenvalue weighted by molar-refractivity contribution is 0.268. The van der Waals surface area contributed by atoms with Gasteiger partial charge in [0, 0.05) is 36.8 Å². The maximum Gasteiger partial charge on any atom is 0.244 e. The van der Waals surface area contributed by atoms with Gasteiger partial charge in [0.15, 0.2) is 0 Å². The largest absolute Gasteiger partial charge is 0.390 e. The van der Waals surface area contributed by atoms with Crippen molar-refractivity contribution in [3.05, 3.63) is 18.0 Å². The molecule has 1 rings (SSSR count). The number of hydrogen-bond donors (Lipinski definition) is 1. The van der Waals surface area contributed by atoms with Crippen molar-refractivity contribution >= 4 is 21.8 Å². The minimum Gasteiger partial charge on any atom is -0.390 e. The van der Waals surface area contributed by atoms with E-state index in [9.17, 15) is 13.5 Å². The van der Waals surface area contributed by atoms with Gasteiger partial charge in [0.05, 0.1) is 6.61 Å². The van der Waals surface area contributed by atoms with Crippen LogP contribution in [0.5, 0.6) is 0 Å². The quantitative estimate of drug-likeness (QED) is 0.792. The molecule has 1 aromatic rings. The van der Waals surface area contributed by atoms with Gasteiger partial charge in [-0.05, 0) is 32.6 Å². The van der Waals surface area contributed by atoms with Gasteiger partial charge in [-0.1, -0.05) is 6.92 Å².